The fourth-order valence-corrected chi connectivity index (χ4v) is 3.78. The van der Waals surface area contributed by atoms with Crippen molar-refractivity contribution in [2.45, 2.75) is 51.2 Å². The van der Waals surface area contributed by atoms with Crippen molar-refractivity contribution in [1.82, 2.24) is 9.78 Å². The number of ether oxygens (including phenoxy) is 1. The lowest BCUT2D eigenvalue weighted by molar-refractivity contribution is -0.119. The summed E-state index contributed by atoms with van der Waals surface area (Å²) in [6.45, 7) is 4.49. The molecule has 2 aliphatic rings. The maximum absolute atomic E-state index is 11.2. The number of aliphatic hydroxyl groups is 1. The summed E-state index contributed by atoms with van der Waals surface area (Å²) in [4.78, 5) is 0. The van der Waals surface area contributed by atoms with E-state index in [9.17, 15) is 5.11 Å². The molecule has 18 heavy (non-hydrogen) atoms. The molecule has 2 fully saturated rings. The zero-order valence-corrected chi connectivity index (χ0v) is 11.1. The Bertz CT molecular complexity index is 423. The summed E-state index contributed by atoms with van der Waals surface area (Å²) < 4.78 is 7.38. The number of rotatable bonds is 2. The van der Waals surface area contributed by atoms with E-state index in [-0.39, 0.29) is 5.41 Å². The van der Waals surface area contributed by atoms with Gasteiger partial charge in [-0.3, -0.25) is 4.68 Å². The molecule has 1 unspecified atom stereocenters. The topological polar surface area (TPSA) is 47.3 Å². The van der Waals surface area contributed by atoms with Crippen LogP contribution in [0.15, 0.2) is 12.4 Å². The average molecular weight is 250 g/mol. The van der Waals surface area contributed by atoms with E-state index in [1.807, 2.05) is 17.1 Å². The standard InChI is InChI=1S/C14H22N2O2/c1-2-16-11-12(10-15-16)14(17)5-3-4-13(14)6-8-18-9-7-13/h10-11,17H,2-9H2,1H3. The van der Waals surface area contributed by atoms with Crippen molar-refractivity contribution in [3.8, 4) is 0 Å². The number of nitrogens with zero attached hydrogens (tertiary/aromatic N) is 2. The van der Waals surface area contributed by atoms with Gasteiger partial charge in [0, 0.05) is 36.9 Å². The summed E-state index contributed by atoms with van der Waals surface area (Å²) in [5, 5.41) is 15.6. The molecule has 1 aliphatic carbocycles. The highest BCUT2D eigenvalue weighted by Crippen LogP contribution is 2.57. The van der Waals surface area contributed by atoms with E-state index in [1.165, 1.54) is 0 Å². The van der Waals surface area contributed by atoms with Gasteiger partial charge < -0.3 is 9.84 Å². The van der Waals surface area contributed by atoms with Gasteiger partial charge in [0.1, 0.15) is 0 Å². The Kier molecular flexibility index (Phi) is 2.94. The van der Waals surface area contributed by atoms with Gasteiger partial charge in [0.15, 0.2) is 0 Å². The third-order valence-electron chi connectivity index (χ3n) is 4.96. The minimum atomic E-state index is -0.690. The van der Waals surface area contributed by atoms with E-state index in [1.54, 1.807) is 0 Å². The lowest BCUT2D eigenvalue weighted by atomic mass is 9.66. The SMILES string of the molecule is CCn1cc(C2(O)CCCC23CCOCC3)cn1. The Morgan fingerprint density at radius 2 is 2.11 bits per heavy atom. The Morgan fingerprint density at radius 1 is 1.33 bits per heavy atom. The molecule has 0 bridgehead atoms. The van der Waals surface area contributed by atoms with Crippen LogP contribution in [0.25, 0.3) is 0 Å². The van der Waals surface area contributed by atoms with Gasteiger partial charge in [-0.05, 0) is 39.0 Å². The molecule has 0 amide bonds. The van der Waals surface area contributed by atoms with Crippen LogP contribution in [0.2, 0.25) is 0 Å². The van der Waals surface area contributed by atoms with Gasteiger partial charge in [0.05, 0.1) is 11.8 Å². The van der Waals surface area contributed by atoms with Crippen LogP contribution >= 0.6 is 0 Å². The Hall–Kier alpha value is -0.870. The fraction of sp³-hybridized carbons (Fsp3) is 0.786. The number of aryl methyl sites for hydroxylation is 1. The number of hydrogen-bond donors (Lipinski definition) is 1. The normalized spacial score (nSPS) is 31.0. The molecule has 1 saturated carbocycles. The predicted octanol–water partition coefficient (Wildman–Crippen LogP) is 2.07. The molecule has 1 aromatic heterocycles. The maximum Gasteiger partial charge on any atom is 0.0984 e. The van der Waals surface area contributed by atoms with E-state index in [0.29, 0.717) is 0 Å². The molecule has 1 atom stereocenters. The largest absolute Gasteiger partial charge is 0.384 e. The molecule has 0 radical (unpaired) electrons. The van der Waals surface area contributed by atoms with Crippen molar-refractivity contribution in [3.05, 3.63) is 18.0 Å². The summed E-state index contributed by atoms with van der Waals surface area (Å²) in [6, 6.07) is 0. The van der Waals surface area contributed by atoms with Crippen molar-refractivity contribution in [2.75, 3.05) is 13.2 Å². The lowest BCUT2D eigenvalue weighted by Gasteiger charge is -2.44. The van der Waals surface area contributed by atoms with E-state index in [4.69, 9.17) is 4.74 Å². The quantitative estimate of drug-likeness (QED) is 0.874. The zero-order valence-electron chi connectivity index (χ0n) is 11.1. The number of aromatic nitrogens is 2. The van der Waals surface area contributed by atoms with Gasteiger partial charge >= 0.3 is 0 Å². The molecule has 100 valence electrons. The van der Waals surface area contributed by atoms with Crippen LogP contribution in [-0.2, 0) is 16.9 Å². The van der Waals surface area contributed by atoms with E-state index in [0.717, 1.165) is 57.4 Å². The molecule has 1 aliphatic heterocycles. The van der Waals surface area contributed by atoms with Crippen molar-refractivity contribution in [1.29, 1.82) is 0 Å². The van der Waals surface area contributed by atoms with E-state index in [2.05, 4.69) is 12.0 Å². The minimum Gasteiger partial charge on any atom is -0.384 e. The summed E-state index contributed by atoms with van der Waals surface area (Å²) in [6.07, 6.45) is 8.90. The molecule has 1 spiro atoms. The van der Waals surface area contributed by atoms with Crippen LogP contribution in [0.1, 0.15) is 44.6 Å². The van der Waals surface area contributed by atoms with Crippen LogP contribution in [-0.4, -0.2) is 28.1 Å². The van der Waals surface area contributed by atoms with Crippen LogP contribution in [0, 0.1) is 5.41 Å². The summed E-state index contributed by atoms with van der Waals surface area (Å²) in [5.41, 5.74) is 0.334. The molecule has 0 aromatic carbocycles. The number of hydrogen-bond acceptors (Lipinski definition) is 3. The van der Waals surface area contributed by atoms with E-state index >= 15 is 0 Å². The average Bonchev–Trinajstić information content (AvgIpc) is 2.98. The smallest absolute Gasteiger partial charge is 0.0984 e. The van der Waals surface area contributed by atoms with Crippen LogP contribution < -0.4 is 0 Å². The predicted molar refractivity (Wildman–Crippen MR) is 68.1 cm³/mol. The lowest BCUT2D eigenvalue weighted by Crippen LogP contribution is -2.45. The Balaban J connectivity index is 1.96. The van der Waals surface area contributed by atoms with Crippen LogP contribution in [0.3, 0.4) is 0 Å². The first-order chi connectivity index (χ1) is 8.70. The third-order valence-corrected chi connectivity index (χ3v) is 4.96. The summed E-state index contributed by atoms with van der Waals surface area (Å²) >= 11 is 0. The highest BCUT2D eigenvalue weighted by atomic mass is 16.5. The zero-order chi connectivity index (χ0) is 12.6. The monoisotopic (exact) mass is 250 g/mol. The molecule has 2 heterocycles. The van der Waals surface area contributed by atoms with Crippen LogP contribution in [0.4, 0.5) is 0 Å². The molecule has 4 heteroatoms. The summed E-state index contributed by atoms with van der Waals surface area (Å²) in [7, 11) is 0. The molecular formula is C14H22N2O2. The molecule has 1 aromatic rings. The van der Waals surface area contributed by atoms with Gasteiger partial charge in [0.2, 0.25) is 0 Å². The first kappa shape index (κ1) is 12.2. The molecule has 1 saturated heterocycles. The van der Waals surface area contributed by atoms with Gasteiger partial charge in [-0.15, -0.1) is 0 Å². The second-order valence-corrected chi connectivity index (χ2v) is 5.69. The van der Waals surface area contributed by atoms with Crippen molar-refractivity contribution in [2.24, 2.45) is 5.41 Å². The van der Waals surface area contributed by atoms with Gasteiger partial charge in [0.25, 0.3) is 0 Å². The third kappa shape index (κ3) is 1.62. The summed E-state index contributed by atoms with van der Waals surface area (Å²) in [5.74, 6) is 0. The Morgan fingerprint density at radius 3 is 2.78 bits per heavy atom. The molecule has 4 nitrogen and oxygen atoms in total. The van der Waals surface area contributed by atoms with Gasteiger partial charge in [-0.25, -0.2) is 0 Å². The van der Waals surface area contributed by atoms with E-state index < -0.39 is 5.60 Å². The first-order valence-electron chi connectivity index (χ1n) is 7.03. The van der Waals surface area contributed by atoms with Crippen molar-refractivity contribution < 1.29 is 9.84 Å². The minimum absolute atomic E-state index is 0.0207. The fourth-order valence-electron chi connectivity index (χ4n) is 3.78. The molecule has 3 rings (SSSR count). The maximum atomic E-state index is 11.2. The first-order valence-corrected chi connectivity index (χ1v) is 7.03. The van der Waals surface area contributed by atoms with Gasteiger partial charge in [-0.1, -0.05) is 0 Å². The highest BCUT2D eigenvalue weighted by Gasteiger charge is 2.55. The molecule has 1 N–H and O–H groups in total. The highest BCUT2D eigenvalue weighted by molar-refractivity contribution is 5.23. The van der Waals surface area contributed by atoms with Crippen molar-refractivity contribution in [3.63, 3.8) is 0 Å². The second-order valence-electron chi connectivity index (χ2n) is 5.69. The molecular weight excluding hydrogens is 228 g/mol. The van der Waals surface area contributed by atoms with Crippen molar-refractivity contribution >= 4 is 0 Å². The van der Waals surface area contributed by atoms with Crippen LogP contribution in [0.5, 0.6) is 0 Å². The second kappa shape index (κ2) is 4.35. The Labute approximate surface area is 108 Å². The van der Waals surface area contributed by atoms with Gasteiger partial charge in [-0.2, -0.15) is 5.10 Å².